The van der Waals surface area contributed by atoms with Gasteiger partial charge >= 0.3 is 0 Å². The van der Waals surface area contributed by atoms with Crippen molar-refractivity contribution >= 4 is 28.8 Å². The highest BCUT2D eigenvalue weighted by atomic mass is 16.5. The number of benzene rings is 2. The maximum atomic E-state index is 13.2. The first-order valence-corrected chi connectivity index (χ1v) is 10.8. The van der Waals surface area contributed by atoms with Gasteiger partial charge in [-0.1, -0.05) is 42.5 Å². The minimum atomic E-state index is -0.229. The Morgan fingerprint density at radius 3 is 2.33 bits per heavy atom. The van der Waals surface area contributed by atoms with Crippen LogP contribution in [0.1, 0.15) is 25.8 Å². The molecule has 7 rings (SSSR count). The second kappa shape index (κ2) is 6.27. The van der Waals surface area contributed by atoms with Crippen LogP contribution >= 0.6 is 0 Å². The predicted octanol–water partition coefficient (Wildman–Crippen LogP) is 4.01. The molecule has 30 heavy (non-hydrogen) atoms. The largest absolute Gasteiger partial charge is 0.490 e. The Kier molecular flexibility index (Phi) is 3.74. The van der Waals surface area contributed by atoms with Crippen LogP contribution in [0.4, 0.5) is 0 Å². The van der Waals surface area contributed by atoms with Crippen molar-refractivity contribution in [2.24, 2.45) is 40.6 Å². The average molecular weight is 400 g/mol. The summed E-state index contributed by atoms with van der Waals surface area (Å²) in [6.45, 7) is 3.95. The number of fused-ring (bicyclic) bond motifs is 1. The number of carbonyl (C=O) groups is 2. The summed E-state index contributed by atoms with van der Waals surface area (Å²) in [6, 6.07) is 11.9. The molecule has 1 saturated heterocycles. The van der Waals surface area contributed by atoms with Gasteiger partial charge in [-0.15, -0.1) is 0 Å². The van der Waals surface area contributed by atoms with Gasteiger partial charge in [0.1, 0.15) is 5.75 Å². The fourth-order valence-electron chi connectivity index (χ4n) is 5.94. The molecule has 1 heterocycles. The normalized spacial score (nSPS) is 33.6. The number of imide groups is 1. The number of allylic oxidation sites excluding steroid dienone is 2. The second-order valence-corrected chi connectivity index (χ2v) is 9.25. The molecular formula is C25H24N2O3. The molecule has 5 nitrogen and oxygen atoms in total. The standard InChI is InChI=1S/C25H24N2O3/c1-13(2)30-21-10-7-14-5-3-4-6-15(14)20(21)12-26-27-24(28)22-16-8-9-17(19-11-18(16)19)23(22)25(27)29/h3-10,12-13,16-19,22-23H,11H2,1-2H3/t16-,17+,18-,19-,22+,23-/m1/s1. The van der Waals surface area contributed by atoms with Crippen LogP contribution in [0.3, 0.4) is 0 Å². The van der Waals surface area contributed by atoms with Crippen LogP contribution in [0.5, 0.6) is 5.75 Å². The lowest BCUT2D eigenvalue weighted by atomic mass is 9.63. The third-order valence-electron chi connectivity index (χ3n) is 7.24. The number of amides is 2. The van der Waals surface area contributed by atoms with Crippen molar-refractivity contribution in [3.8, 4) is 5.75 Å². The molecule has 152 valence electrons. The van der Waals surface area contributed by atoms with Gasteiger partial charge in [0.15, 0.2) is 0 Å². The minimum Gasteiger partial charge on any atom is -0.490 e. The first-order valence-electron chi connectivity index (χ1n) is 10.8. The highest BCUT2D eigenvalue weighted by Gasteiger charge is 2.67. The van der Waals surface area contributed by atoms with E-state index in [0.29, 0.717) is 17.6 Å². The summed E-state index contributed by atoms with van der Waals surface area (Å²) >= 11 is 0. The number of hydrazone groups is 1. The molecule has 2 amide bonds. The quantitative estimate of drug-likeness (QED) is 0.443. The molecule has 0 spiro atoms. The molecule has 0 radical (unpaired) electrons. The number of nitrogens with zero attached hydrogens (tertiary/aromatic N) is 2. The zero-order valence-electron chi connectivity index (χ0n) is 17.1. The Balaban J connectivity index is 1.38. The van der Waals surface area contributed by atoms with Crippen molar-refractivity contribution < 1.29 is 14.3 Å². The van der Waals surface area contributed by atoms with E-state index in [2.05, 4.69) is 17.3 Å². The zero-order chi connectivity index (χ0) is 20.6. The summed E-state index contributed by atoms with van der Waals surface area (Å²) in [4.78, 5) is 26.4. The van der Waals surface area contributed by atoms with Gasteiger partial charge in [0.2, 0.25) is 0 Å². The molecule has 4 aliphatic carbocycles. The third kappa shape index (κ3) is 2.44. The van der Waals surface area contributed by atoms with Gasteiger partial charge in [-0.3, -0.25) is 9.59 Å². The summed E-state index contributed by atoms with van der Waals surface area (Å²) in [7, 11) is 0. The van der Waals surface area contributed by atoms with Gasteiger partial charge < -0.3 is 4.74 Å². The molecule has 0 aromatic heterocycles. The molecule has 3 fully saturated rings. The number of carbonyl (C=O) groups excluding carboxylic acids is 2. The Labute approximate surface area is 175 Å². The fraction of sp³-hybridized carbons (Fsp3) is 0.400. The Morgan fingerprint density at radius 1 is 1.00 bits per heavy atom. The van der Waals surface area contributed by atoms with E-state index >= 15 is 0 Å². The van der Waals surface area contributed by atoms with Gasteiger partial charge in [-0.25, -0.2) is 0 Å². The maximum Gasteiger partial charge on any atom is 0.254 e. The molecule has 5 heteroatoms. The highest BCUT2D eigenvalue weighted by Crippen LogP contribution is 2.65. The van der Waals surface area contributed by atoms with Crippen molar-refractivity contribution in [3.63, 3.8) is 0 Å². The van der Waals surface area contributed by atoms with E-state index in [1.54, 1.807) is 6.21 Å². The summed E-state index contributed by atoms with van der Waals surface area (Å²) in [6.07, 6.45) is 7.15. The van der Waals surface area contributed by atoms with Crippen LogP contribution in [0.15, 0.2) is 53.7 Å². The monoisotopic (exact) mass is 400 g/mol. The zero-order valence-corrected chi connectivity index (χ0v) is 17.1. The van der Waals surface area contributed by atoms with Gasteiger partial charge in [0.25, 0.3) is 11.8 Å². The number of hydrogen-bond acceptors (Lipinski definition) is 4. The topological polar surface area (TPSA) is 59.0 Å². The number of hydrogen-bond donors (Lipinski definition) is 0. The molecule has 0 unspecified atom stereocenters. The maximum absolute atomic E-state index is 13.2. The molecule has 0 N–H and O–H groups in total. The first-order chi connectivity index (χ1) is 14.5. The lowest BCUT2D eigenvalue weighted by molar-refractivity contribution is -0.140. The molecule has 2 aromatic carbocycles. The highest BCUT2D eigenvalue weighted by molar-refractivity contribution is 6.08. The summed E-state index contributed by atoms with van der Waals surface area (Å²) in [5.74, 6) is 1.55. The van der Waals surface area contributed by atoms with Crippen molar-refractivity contribution in [1.82, 2.24) is 5.01 Å². The molecule has 5 aliphatic rings. The van der Waals surface area contributed by atoms with E-state index < -0.39 is 0 Å². The van der Waals surface area contributed by atoms with Crippen molar-refractivity contribution in [2.45, 2.75) is 26.4 Å². The van der Waals surface area contributed by atoms with Crippen molar-refractivity contribution in [3.05, 3.63) is 54.1 Å². The fourth-order valence-corrected chi connectivity index (χ4v) is 5.94. The van der Waals surface area contributed by atoms with E-state index in [4.69, 9.17) is 4.74 Å². The predicted molar refractivity (Wildman–Crippen MR) is 114 cm³/mol. The van der Waals surface area contributed by atoms with Crippen LogP contribution < -0.4 is 4.74 Å². The van der Waals surface area contributed by atoms with Gasteiger partial charge in [0.05, 0.1) is 24.2 Å². The summed E-state index contributed by atoms with van der Waals surface area (Å²) in [5.41, 5.74) is 0.793. The minimum absolute atomic E-state index is 0.00431. The van der Waals surface area contributed by atoms with Crippen LogP contribution in [-0.4, -0.2) is 29.1 Å². The SMILES string of the molecule is CC(C)Oc1ccc2ccccc2c1C=NN1C(=O)[C@@H]2[C@H]3C=C[C@H]([C@H]4C[C@H]34)[C@@H]2C1=O. The van der Waals surface area contributed by atoms with E-state index in [-0.39, 0.29) is 41.6 Å². The van der Waals surface area contributed by atoms with Crippen LogP contribution in [0.25, 0.3) is 10.8 Å². The second-order valence-electron chi connectivity index (χ2n) is 9.25. The summed E-state index contributed by atoms with van der Waals surface area (Å²) in [5, 5.41) is 7.61. The molecule has 2 bridgehead atoms. The van der Waals surface area contributed by atoms with E-state index in [0.717, 1.165) is 27.8 Å². The Bertz CT molecular complexity index is 1100. The number of rotatable bonds is 4. The first kappa shape index (κ1) is 17.9. The van der Waals surface area contributed by atoms with Crippen LogP contribution in [0.2, 0.25) is 0 Å². The van der Waals surface area contributed by atoms with E-state index in [1.165, 1.54) is 0 Å². The molecule has 6 atom stereocenters. The third-order valence-corrected chi connectivity index (χ3v) is 7.24. The lowest BCUT2D eigenvalue weighted by Gasteiger charge is -2.37. The van der Waals surface area contributed by atoms with Crippen molar-refractivity contribution in [2.75, 3.05) is 0 Å². The molecular weight excluding hydrogens is 376 g/mol. The smallest absolute Gasteiger partial charge is 0.254 e. The Morgan fingerprint density at radius 2 is 1.67 bits per heavy atom. The lowest BCUT2D eigenvalue weighted by Crippen LogP contribution is -2.40. The average Bonchev–Trinajstić information content (AvgIpc) is 3.52. The van der Waals surface area contributed by atoms with E-state index in [1.807, 2.05) is 50.2 Å². The number of ether oxygens (including phenoxy) is 1. The molecule has 2 aromatic rings. The van der Waals surface area contributed by atoms with Crippen LogP contribution in [0, 0.1) is 35.5 Å². The van der Waals surface area contributed by atoms with E-state index in [9.17, 15) is 9.59 Å². The Hall–Kier alpha value is -2.95. The summed E-state index contributed by atoms with van der Waals surface area (Å²) < 4.78 is 5.99. The van der Waals surface area contributed by atoms with Gasteiger partial charge in [0, 0.05) is 5.56 Å². The molecule has 1 aliphatic heterocycles. The molecule has 2 saturated carbocycles. The van der Waals surface area contributed by atoms with Crippen LogP contribution in [-0.2, 0) is 9.59 Å². The van der Waals surface area contributed by atoms with Crippen molar-refractivity contribution in [1.29, 1.82) is 0 Å². The van der Waals surface area contributed by atoms with Gasteiger partial charge in [-0.05, 0) is 60.8 Å². The van der Waals surface area contributed by atoms with Gasteiger partial charge in [-0.2, -0.15) is 10.1 Å².